The van der Waals surface area contributed by atoms with E-state index in [1.165, 1.54) is 0 Å². The minimum Gasteiger partial charge on any atom is -0.399 e. The Bertz CT molecular complexity index is 1500. The number of fused-ring (bicyclic) bond motifs is 7. The van der Waals surface area contributed by atoms with Crippen LogP contribution in [0.4, 0.5) is 5.69 Å². The van der Waals surface area contributed by atoms with Crippen LogP contribution in [0.3, 0.4) is 0 Å². The van der Waals surface area contributed by atoms with E-state index in [-0.39, 0.29) is 29.3 Å². The van der Waals surface area contributed by atoms with Crippen LogP contribution in [0.25, 0.3) is 0 Å². The van der Waals surface area contributed by atoms with E-state index in [1.54, 1.807) is 12.2 Å². The normalized spacial score (nSPS) is 40.1. The Kier molecular flexibility index (Phi) is 6.41. The van der Waals surface area contributed by atoms with Gasteiger partial charge in [0, 0.05) is 28.0 Å². The van der Waals surface area contributed by atoms with Crippen molar-refractivity contribution in [1.29, 1.82) is 0 Å². The van der Waals surface area contributed by atoms with Crippen LogP contribution in [-0.2, 0) is 25.5 Å². The molecule has 4 aliphatic carbocycles. The van der Waals surface area contributed by atoms with Crippen molar-refractivity contribution in [2.75, 3.05) is 12.3 Å². The third-order valence-electron chi connectivity index (χ3n) is 11.4. The number of aliphatic hydroxyl groups excluding tert-OH is 2. The molecule has 7 nitrogen and oxygen atoms in total. The van der Waals surface area contributed by atoms with E-state index in [0.717, 1.165) is 47.2 Å². The molecule has 3 saturated carbocycles. The van der Waals surface area contributed by atoms with Gasteiger partial charge in [-0.25, -0.2) is 0 Å². The summed E-state index contributed by atoms with van der Waals surface area (Å²) in [5.41, 5.74) is 8.36. The van der Waals surface area contributed by atoms with Crippen LogP contribution in [0.15, 0.2) is 72.3 Å². The average Bonchev–Trinajstić information content (AvgIpc) is 3.46. The molecule has 7 heteroatoms. The highest BCUT2D eigenvalue weighted by atomic mass is 16.7. The zero-order valence-electron chi connectivity index (χ0n) is 24.2. The Morgan fingerprint density at radius 2 is 1.90 bits per heavy atom. The average molecular weight is 570 g/mol. The molecule has 0 spiro atoms. The fourth-order valence-corrected chi connectivity index (χ4v) is 9.57. The molecule has 5 aliphatic rings. The fraction of sp³-hybridized carbons (Fsp3) is 0.486. The van der Waals surface area contributed by atoms with Crippen molar-refractivity contribution in [2.45, 2.75) is 70.1 Å². The predicted molar refractivity (Wildman–Crippen MR) is 157 cm³/mol. The number of carbonyl (C=O) groups excluding carboxylic acids is 2. The molecule has 1 unspecified atom stereocenters. The van der Waals surface area contributed by atoms with Crippen molar-refractivity contribution in [3.8, 4) is 0 Å². The van der Waals surface area contributed by atoms with Crippen molar-refractivity contribution in [2.24, 2.45) is 28.6 Å². The summed E-state index contributed by atoms with van der Waals surface area (Å²) in [5.74, 6) is -0.246. The van der Waals surface area contributed by atoms with Gasteiger partial charge in [0.25, 0.3) is 0 Å². The second-order valence-electron chi connectivity index (χ2n) is 13.5. The Morgan fingerprint density at radius 3 is 2.64 bits per heavy atom. The number of hydrogen-bond donors (Lipinski definition) is 3. The molecule has 2 aromatic carbocycles. The lowest BCUT2D eigenvalue weighted by Crippen LogP contribution is -2.63. The predicted octanol–water partition coefficient (Wildman–Crippen LogP) is 4.46. The molecular weight excluding hydrogens is 530 g/mol. The van der Waals surface area contributed by atoms with E-state index >= 15 is 0 Å². The van der Waals surface area contributed by atoms with Gasteiger partial charge in [-0.1, -0.05) is 61.9 Å². The van der Waals surface area contributed by atoms with Gasteiger partial charge in [0.15, 0.2) is 23.5 Å². The van der Waals surface area contributed by atoms with Gasteiger partial charge in [0.1, 0.15) is 6.61 Å². The summed E-state index contributed by atoms with van der Waals surface area (Å²) in [4.78, 5) is 25.9. The van der Waals surface area contributed by atoms with Crippen molar-refractivity contribution >= 4 is 17.3 Å². The second-order valence-corrected chi connectivity index (χ2v) is 13.5. The number of hydrogen-bond acceptors (Lipinski definition) is 7. The molecular formula is C35H39NO6. The molecule has 42 heavy (non-hydrogen) atoms. The minimum absolute atomic E-state index is 0.00425. The number of carbonyl (C=O) groups is 2. The fourth-order valence-electron chi connectivity index (χ4n) is 9.57. The quantitative estimate of drug-likeness (QED) is 0.455. The first-order valence-electron chi connectivity index (χ1n) is 15.1. The molecule has 1 aliphatic heterocycles. The molecule has 1 heterocycles. The minimum atomic E-state index is -1.35. The highest BCUT2D eigenvalue weighted by Gasteiger charge is 2.75. The van der Waals surface area contributed by atoms with E-state index in [1.807, 2.05) is 54.6 Å². The summed E-state index contributed by atoms with van der Waals surface area (Å²) in [6.45, 7) is 3.54. The molecule has 0 amide bonds. The topological polar surface area (TPSA) is 119 Å². The van der Waals surface area contributed by atoms with E-state index in [2.05, 4.69) is 13.8 Å². The van der Waals surface area contributed by atoms with Gasteiger partial charge in [-0.05, 0) is 79.4 Å². The molecule has 2 aromatic rings. The van der Waals surface area contributed by atoms with Gasteiger partial charge in [0.2, 0.25) is 0 Å². The van der Waals surface area contributed by atoms with Crippen LogP contribution in [0.5, 0.6) is 0 Å². The third-order valence-corrected chi connectivity index (χ3v) is 11.4. The van der Waals surface area contributed by atoms with Crippen LogP contribution < -0.4 is 5.73 Å². The summed E-state index contributed by atoms with van der Waals surface area (Å²) in [5, 5.41) is 22.0. The Balaban J connectivity index is 1.18. The van der Waals surface area contributed by atoms with Crippen LogP contribution in [0.1, 0.15) is 62.5 Å². The zero-order valence-corrected chi connectivity index (χ0v) is 24.2. The van der Waals surface area contributed by atoms with Gasteiger partial charge in [-0.3, -0.25) is 9.59 Å². The lowest BCUT2D eigenvalue weighted by atomic mass is 9.46. The summed E-state index contributed by atoms with van der Waals surface area (Å²) in [6.07, 6.45) is 6.73. The Morgan fingerprint density at radius 1 is 1.12 bits per heavy atom. The molecule has 4 N–H and O–H groups in total. The maximum Gasteiger partial charge on any atom is 0.193 e. The van der Waals surface area contributed by atoms with Crippen LogP contribution in [0, 0.1) is 28.6 Å². The summed E-state index contributed by atoms with van der Waals surface area (Å²) >= 11 is 0. The highest BCUT2D eigenvalue weighted by molar-refractivity contribution is 6.01. The van der Waals surface area contributed by atoms with Gasteiger partial charge < -0.3 is 25.4 Å². The standard InChI is InChI=1S/C35H39NO6/c1-33-13-12-25(38)16-23(33)10-11-26-27-17-30-35(29(40)19-37,34(27,2)18-28(39)31(26)33)42-32(41-30)22-8-6-20(7-9-22)14-21-4-3-5-24(36)15-21/h3-9,12-13,15-16,26-28,30-32,37,39H,10-11,14,17-19,36H2,1-2H3/t26?,27-,28-,30+,31+,32+,33-,34-,35+/m0/s1. The van der Waals surface area contributed by atoms with E-state index < -0.39 is 41.5 Å². The number of anilines is 1. The molecule has 7 rings (SSSR count). The molecule has 220 valence electrons. The largest absolute Gasteiger partial charge is 0.399 e. The first-order chi connectivity index (χ1) is 20.1. The van der Waals surface area contributed by atoms with Crippen molar-refractivity contribution in [3.05, 3.63) is 89.0 Å². The number of aliphatic hydroxyl groups is 2. The Labute approximate surface area is 246 Å². The van der Waals surface area contributed by atoms with E-state index in [4.69, 9.17) is 15.2 Å². The van der Waals surface area contributed by atoms with Crippen LogP contribution in [0.2, 0.25) is 0 Å². The van der Waals surface area contributed by atoms with E-state index in [9.17, 15) is 19.8 Å². The van der Waals surface area contributed by atoms with Crippen LogP contribution >= 0.6 is 0 Å². The lowest BCUT2D eigenvalue weighted by molar-refractivity contribution is -0.201. The van der Waals surface area contributed by atoms with Crippen molar-refractivity contribution in [3.63, 3.8) is 0 Å². The summed E-state index contributed by atoms with van der Waals surface area (Å²) in [7, 11) is 0. The lowest BCUT2D eigenvalue weighted by Gasteiger charge is -2.59. The molecule has 9 atom stereocenters. The summed E-state index contributed by atoms with van der Waals surface area (Å²) in [6, 6.07) is 15.9. The van der Waals surface area contributed by atoms with Gasteiger partial charge in [-0.2, -0.15) is 0 Å². The van der Waals surface area contributed by atoms with Gasteiger partial charge in [0.05, 0.1) is 12.2 Å². The smallest absolute Gasteiger partial charge is 0.193 e. The number of allylic oxidation sites excluding steroid dienone is 4. The number of ketones is 2. The summed E-state index contributed by atoms with van der Waals surface area (Å²) < 4.78 is 13.3. The Hall–Kier alpha value is -3.10. The molecule has 0 bridgehead atoms. The molecule has 4 fully saturated rings. The number of benzene rings is 2. The number of nitrogens with two attached hydrogens (primary N) is 1. The zero-order chi connectivity index (χ0) is 29.4. The second kappa shape index (κ2) is 9.71. The first-order valence-corrected chi connectivity index (χ1v) is 15.1. The molecule has 1 saturated heterocycles. The van der Waals surface area contributed by atoms with Crippen molar-refractivity contribution < 1.29 is 29.3 Å². The van der Waals surface area contributed by atoms with Crippen molar-refractivity contribution in [1.82, 2.24) is 0 Å². The maximum atomic E-state index is 13.7. The molecule has 0 radical (unpaired) electrons. The number of rotatable bonds is 5. The van der Waals surface area contributed by atoms with E-state index in [0.29, 0.717) is 12.8 Å². The SMILES string of the molecule is C[C@]12C=CC(=O)C=C1CCC1[C@@H]2[C@@H](O)C[C@@]2(C)[C@H]1C[C@H]1O[C@@H](c3ccc(Cc4cccc(N)c4)cc3)O[C@]12C(=O)CO. The number of Topliss-reactive ketones (excluding diaryl/α,β-unsaturated/α-hetero) is 1. The molecule has 0 aromatic heterocycles. The highest BCUT2D eigenvalue weighted by Crippen LogP contribution is 2.70. The monoisotopic (exact) mass is 569 g/mol. The third kappa shape index (κ3) is 3.87. The number of ether oxygens (including phenoxy) is 2. The maximum absolute atomic E-state index is 13.7. The van der Waals surface area contributed by atoms with Crippen LogP contribution in [-0.4, -0.2) is 46.2 Å². The number of nitrogen functional groups attached to an aromatic ring is 1. The van der Waals surface area contributed by atoms with Gasteiger partial charge in [-0.15, -0.1) is 0 Å². The first kappa shape index (κ1) is 27.7. The van der Waals surface area contributed by atoms with Gasteiger partial charge >= 0.3 is 0 Å².